The highest BCUT2D eigenvalue weighted by Crippen LogP contribution is 2.27. The van der Waals surface area contributed by atoms with Crippen molar-refractivity contribution in [2.75, 3.05) is 0 Å². The van der Waals surface area contributed by atoms with E-state index in [1.807, 2.05) is 0 Å². The highest BCUT2D eigenvalue weighted by atomic mass is 32.1. The highest BCUT2D eigenvalue weighted by molar-refractivity contribution is 7.80. The highest BCUT2D eigenvalue weighted by Gasteiger charge is 2.07. The first-order valence-corrected chi connectivity index (χ1v) is 5.48. The summed E-state index contributed by atoms with van der Waals surface area (Å²) in [6.45, 7) is 6.52. The van der Waals surface area contributed by atoms with Gasteiger partial charge in [-0.3, -0.25) is 0 Å². The van der Waals surface area contributed by atoms with Gasteiger partial charge >= 0.3 is 0 Å². The summed E-state index contributed by atoms with van der Waals surface area (Å²) in [5.74, 6) is 0. The Morgan fingerprint density at radius 2 is 2.00 bits per heavy atom. The van der Waals surface area contributed by atoms with Crippen molar-refractivity contribution in [1.29, 1.82) is 0 Å². The Hall–Kier alpha value is -0.430. The average Bonchev–Trinajstić information content (AvgIpc) is 2.16. The standard InChI is InChI=1S/C12H18S/c1-4-10-8-9(3)6-7-11(10)12(13)5-2/h6-8,12-13H,4-5H2,1-3H3. The monoisotopic (exact) mass is 194 g/mol. The first-order valence-electron chi connectivity index (χ1n) is 4.96. The van der Waals surface area contributed by atoms with E-state index in [1.54, 1.807) is 0 Å². The van der Waals surface area contributed by atoms with Crippen LogP contribution in [0.4, 0.5) is 0 Å². The Morgan fingerprint density at radius 3 is 2.54 bits per heavy atom. The molecular weight excluding hydrogens is 176 g/mol. The molecule has 72 valence electrons. The van der Waals surface area contributed by atoms with Gasteiger partial charge in [-0.25, -0.2) is 0 Å². The van der Waals surface area contributed by atoms with E-state index in [1.165, 1.54) is 16.7 Å². The van der Waals surface area contributed by atoms with Gasteiger partial charge in [0.05, 0.1) is 0 Å². The minimum Gasteiger partial charge on any atom is -0.171 e. The van der Waals surface area contributed by atoms with Crippen molar-refractivity contribution in [1.82, 2.24) is 0 Å². The average molecular weight is 194 g/mol. The number of benzene rings is 1. The van der Waals surface area contributed by atoms with Crippen LogP contribution in [0.3, 0.4) is 0 Å². The third-order valence-corrected chi connectivity index (χ3v) is 3.07. The maximum Gasteiger partial charge on any atom is 0.0267 e. The van der Waals surface area contributed by atoms with Crippen molar-refractivity contribution >= 4 is 12.6 Å². The van der Waals surface area contributed by atoms with Crippen molar-refractivity contribution < 1.29 is 0 Å². The summed E-state index contributed by atoms with van der Waals surface area (Å²) >= 11 is 4.58. The molecule has 1 aromatic carbocycles. The molecule has 0 radical (unpaired) electrons. The van der Waals surface area contributed by atoms with Gasteiger partial charge in [0.2, 0.25) is 0 Å². The van der Waals surface area contributed by atoms with Gasteiger partial charge in [-0.15, -0.1) is 0 Å². The topological polar surface area (TPSA) is 0 Å². The predicted molar refractivity (Wildman–Crippen MR) is 62.6 cm³/mol. The summed E-state index contributed by atoms with van der Waals surface area (Å²) in [6.07, 6.45) is 2.20. The van der Waals surface area contributed by atoms with Crippen molar-refractivity contribution in [2.24, 2.45) is 0 Å². The third kappa shape index (κ3) is 2.50. The zero-order valence-electron chi connectivity index (χ0n) is 8.67. The predicted octanol–water partition coefficient (Wildman–Crippen LogP) is 3.94. The Balaban J connectivity index is 3.05. The normalized spacial score (nSPS) is 12.9. The molecule has 0 nitrogen and oxygen atoms in total. The first-order chi connectivity index (χ1) is 6.19. The van der Waals surface area contributed by atoms with Crippen LogP contribution in [-0.2, 0) is 6.42 Å². The van der Waals surface area contributed by atoms with Crippen LogP contribution < -0.4 is 0 Å². The van der Waals surface area contributed by atoms with Gasteiger partial charge in [-0.2, -0.15) is 12.6 Å². The fraction of sp³-hybridized carbons (Fsp3) is 0.500. The summed E-state index contributed by atoms with van der Waals surface area (Å²) in [4.78, 5) is 0. The second-order valence-corrected chi connectivity index (χ2v) is 4.10. The van der Waals surface area contributed by atoms with E-state index in [0.29, 0.717) is 5.25 Å². The molecule has 1 atom stereocenters. The lowest BCUT2D eigenvalue weighted by atomic mass is 9.99. The minimum absolute atomic E-state index is 0.399. The molecule has 1 rings (SSSR count). The Morgan fingerprint density at radius 1 is 1.31 bits per heavy atom. The van der Waals surface area contributed by atoms with Crippen LogP contribution in [0.5, 0.6) is 0 Å². The molecule has 13 heavy (non-hydrogen) atoms. The molecule has 0 heterocycles. The summed E-state index contributed by atoms with van der Waals surface area (Å²) in [5.41, 5.74) is 4.19. The number of thiol groups is 1. The number of hydrogen-bond acceptors (Lipinski definition) is 1. The van der Waals surface area contributed by atoms with Crippen LogP contribution in [0.15, 0.2) is 18.2 Å². The van der Waals surface area contributed by atoms with Crippen LogP contribution in [0.25, 0.3) is 0 Å². The molecule has 0 aromatic heterocycles. The molecule has 1 unspecified atom stereocenters. The van der Waals surface area contributed by atoms with Gasteiger partial charge < -0.3 is 0 Å². The van der Waals surface area contributed by atoms with Gasteiger partial charge in [-0.1, -0.05) is 37.6 Å². The maximum absolute atomic E-state index is 4.58. The SMILES string of the molecule is CCc1cc(C)ccc1C(S)CC. The van der Waals surface area contributed by atoms with Crippen molar-refractivity contribution in [2.45, 2.75) is 38.9 Å². The van der Waals surface area contributed by atoms with Crippen LogP contribution >= 0.6 is 12.6 Å². The van der Waals surface area contributed by atoms with E-state index in [9.17, 15) is 0 Å². The van der Waals surface area contributed by atoms with E-state index in [4.69, 9.17) is 0 Å². The Kier molecular flexibility index (Phi) is 3.86. The molecule has 1 aromatic rings. The second-order valence-electron chi connectivity index (χ2n) is 3.48. The van der Waals surface area contributed by atoms with Crippen LogP contribution in [-0.4, -0.2) is 0 Å². The minimum atomic E-state index is 0.399. The number of hydrogen-bond donors (Lipinski definition) is 1. The number of aryl methyl sites for hydroxylation is 2. The molecule has 1 heteroatoms. The fourth-order valence-electron chi connectivity index (χ4n) is 1.59. The molecule has 0 bridgehead atoms. The molecular formula is C12H18S. The fourth-order valence-corrected chi connectivity index (χ4v) is 1.84. The molecule has 0 N–H and O–H groups in total. The van der Waals surface area contributed by atoms with Crippen LogP contribution in [0.2, 0.25) is 0 Å². The van der Waals surface area contributed by atoms with Crippen molar-refractivity contribution in [3.05, 3.63) is 34.9 Å². The molecule has 0 saturated heterocycles. The summed E-state index contributed by atoms with van der Waals surface area (Å²) in [6, 6.07) is 6.66. The zero-order chi connectivity index (χ0) is 9.84. The van der Waals surface area contributed by atoms with Crippen LogP contribution in [0, 0.1) is 6.92 Å². The molecule has 0 spiro atoms. The lowest BCUT2D eigenvalue weighted by Crippen LogP contribution is -1.96. The van der Waals surface area contributed by atoms with Gasteiger partial charge in [0.1, 0.15) is 0 Å². The third-order valence-electron chi connectivity index (χ3n) is 2.43. The van der Waals surface area contributed by atoms with Gasteiger partial charge in [0.15, 0.2) is 0 Å². The Labute approximate surface area is 86.8 Å². The molecule has 0 saturated carbocycles. The largest absolute Gasteiger partial charge is 0.171 e. The van der Waals surface area contributed by atoms with E-state index < -0.39 is 0 Å². The Bertz CT molecular complexity index is 278. The first kappa shape index (κ1) is 10.6. The van der Waals surface area contributed by atoms with Gasteiger partial charge in [0.25, 0.3) is 0 Å². The quantitative estimate of drug-likeness (QED) is 0.692. The summed E-state index contributed by atoms with van der Waals surface area (Å²) < 4.78 is 0. The zero-order valence-corrected chi connectivity index (χ0v) is 9.57. The second kappa shape index (κ2) is 4.71. The maximum atomic E-state index is 4.58. The van der Waals surface area contributed by atoms with E-state index >= 15 is 0 Å². The molecule has 0 aliphatic heterocycles. The van der Waals surface area contributed by atoms with Crippen molar-refractivity contribution in [3.63, 3.8) is 0 Å². The lowest BCUT2D eigenvalue weighted by Gasteiger charge is -2.13. The lowest BCUT2D eigenvalue weighted by molar-refractivity contribution is 0.880. The van der Waals surface area contributed by atoms with E-state index in [2.05, 4.69) is 51.6 Å². The summed E-state index contributed by atoms with van der Waals surface area (Å²) in [5, 5.41) is 0.399. The van der Waals surface area contributed by atoms with Crippen molar-refractivity contribution in [3.8, 4) is 0 Å². The molecule has 0 aliphatic carbocycles. The number of rotatable bonds is 3. The summed E-state index contributed by atoms with van der Waals surface area (Å²) in [7, 11) is 0. The van der Waals surface area contributed by atoms with E-state index in [-0.39, 0.29) is 0 Å². The molecule has 0 fully saturated rings. The molecule has 0 aliphatic rings. The van der Waals surface area contributed by atoms with Gasteiger partial charge in [-0.05, 0) is 30.9 Å². The smallest absolute Gasteiger partial charge is 0.0267 e. The van der Waals surface area contributed by atoms with Gasteiger partial charge in [0, 0.05) is 5.25 Å². The van der Waals surface area contributed by atoms with Crippen LogP contribution in [0.1, 0.15) is 42.2 Å². The molecule has 0 amide bonds. The van der Waals surface area contributed by atoms with E-state index in [0.717, 1.165) is 12.8 Å².